The second kappa shape index (κ2) is 40.1. The maximum atomic E-state index is 12.8. The van der Waals surface area contributed by atoms with Crippen LogP contribution in [0.1, 0.15) is 213 Å². The van der Waals surface area contributed by atoms with Gasteiger partial charge in [-0.1, -0.05) is 198 Å². The monoisotopic (exact) mass is 826 g/mol. The number of hydrogen-bond donors (Lipinski definition) is 3. The quantitative estimate of drug-likeness (QED) is 0.0245. The molecule has 0 saturated carbocycles. The van der Waals surface area contributed by atoms with E-state index >= 15 is 0 Å². The summed E-state index contributed by atoms with van der Waals surface area (Å²) in [6.45, 7) is 4.75. The van der Waals surface area contributed by atoms with E-state index in [4.69, 9.17) is 9.05 Å². The fourth-order valence-electron chi connectivity index (χ4n) is 6.78. The SMILES string of the molecule is CCCCCCCCCCCCCCCCCCC/C=C/CC/C=C/CC/C=C/C(O)C(COP(=O)(O)OCC[N+](C)(C)C)NC(=O)CCCCCCCCCC. The van der Waals surface area contributed by atoms with Gasteiger partial charge in [0.05, 0.1) is 39.9 Å². The van der Waals surface area contributed by atoms with E-state index < -0.39 is 20.0 Å². The Morgan fingerprint density at radius 2 is 0.965 bits per heavy atom. The molecule has 336 valence electrons. The van der Waals surface area contributed by atoms with Gasteiger partial charge in [0.1, 0.15) is 13.2 Å². The van der Waals surface area contributed by atoms with Crippen LogP contribution in [0, 0.1) is 0 Å². The van der Waals surface area contributed by atoms with Gasteiger partial charge in [0.2, 0.25) is 5.91 Å². The molecule has 57 heavy (non-hydrogen) atoms. The van der Waals surface area contributed by atoms with Gasteiger partial charge < -0.3 is 19.8 Å². The number of phosphoric acid groups is 1. The molecule has 0 aliphatic rings. The Kier molecular flexibility index (Phi) is 39.2. The van der Waals surface area contributed by atoms with Gasteiger partial charge in [-0.2, -0.15) is 0 Å². The highest BCUT2D eigenvalue weighted by molar-refractivity contribution is 7.47. The van der Waals surface area contributed by atoms with Gasteiger partial charge in [-0.15, -0.1) is 0 Å². The largest absolute Gasteiger partial charge is 0.472 e. The van der Waals surface area contributed by atoms with Crippen LogP contribution < -0.4 is 5.32 Å². The Morgan fingerprint density at radius 1 is 0.579 bits per heavy atom. The third kappa shape index (κ3) is 42.6. The van der Waals surface area contributed by atoms with Gasteiger partial charge in [-0.05, 0) is 44.9 Å². The maximum absolute atomic E-state index is 12.8. The molecule has 0 aromatic rings. The molecule has 3 N–H and O–H groups in total. The lowest BCUT2D eigenvalue weighted by Crippen LogP contribution is -2.45. The summed E-state index contributed by atoms with van der Waals surface area (Å²) in [5.74, 6) is -0.196. The van der Waals surface area contributed by atoms with Crippen molar-refractivity contribution >= 4 is 13.7 Å². The van der Waals surface area contributed by atoms with Gasteiger partial charge in [0.15, 0.2) is 0 Å². The van der Waals surface area contributed by atoms with Crippen LogP contribution in [-0.4, -0.2) is 73.4 Å². The van der Waals surface area contributed by atoms with Crippen molar-refractivity contribution < 1.29 is 32.9 Å². The van der Waals surface area contributed by atoms with Crippen LogP contribution in [-0.2, 0) is 18.4 Å². The van der Waals surface area contributed by atoms with E-state index in [1.165, 1.54) is 148 Å². The molecule has 0 saturated heterocycles. The third-order valence-electron chi connectivity index (χ3n) is 10.6. The molecule has 0 aromatic heterocycles. The number of allylic oxidation sites excluding steroid dienone is 5. The Hall–Kier alpha value is -1.28. The molecule has 0 bridgehead atoms. The van der Waals surface area contributed by atoms with Crippen molar-refractivity contribution in [2.24, 2.45) is 0 Å². The first-order valence-electron chi connectivity index (χ1n) is 23.9. The number of amides is 1. The first-order chi connectivity index (χ1) is 27.5. The summed E-state index contributed by atoms with van der Waals surface area (Å²) in [6, 6.07) is -0.864. The predicted molar refractivity (Wildman–Crippen MR) is 244 cm³/mol. The summed E-state index contributed by atoms with van der Waals surface area (Å²) in [4.78, 5) is 23.0. The standard InChI is InChI=1S/C48H93N2O6P/c1-6-8-10-12-14-16-17-18-19-20-21-22-23-24-25-26-27-28-29-30-31-32-33-34-35-37-39-41-47(51)46(45-56-57(53,54)55-44-43-50(3,4)5)49-48(52)42-40-38-36-15-13-11-9-7-2/h29-30,33-34,39,41,46-47,51H,6-28,31-32,35-38,40,42-45H2,1-5H3,(H-,49,52,53,54)/p+1/b30-29+,34-33+,41-39+. The molecule has 0 aliphatic carbocycles. The van der Waals surface area contributed by atoms with Crippen LogP contribution >= 0.6 is 7.82 Å². The lowest BCUT2D eigenvalue weighted by atomic mass is 10.0. The summed E-state index contributed by atoms with van der Waals surface area (Å²) < 4.78 is 23.5. The zero-order valence-electron chi connectivity index (χ0n) is 38.1. The van der Waals surface area contributed by atoms with Crippen molar-refractivity contribution in [3.8, 4) is 0 Å². The van der Waals surface area contributed by atoms with Crippen LogP contribution in [0.5, 0.6) is 0 Å². The predicted octanol–water partition coefficient (Wildman–Crippen LogP) is 13.5. The van der Waals surface area contributed by atoms with Crippen LogP contribution in [0.4, 0.5) is 0 Å². The van der Waals surface area contributed by atoms with Crippen LogP contribution in [0.2, 0.25) is 0 Å². The molecule has 3 atom stereocenters. The maximum Gasteiger partial charge on any atom is 0.472 e. The lowest BCUT2D eigenvalue weighted by molar-refractivity contribution is -0.870. The topological polar surface area (TPSA) is 105 Å². The Bertz CT molecular complexity index is 1030. The van der Waals surface area contributed by atoms with E-state index in [2.05, 4.69) is 43.5 Å². The zero-order chi connectivity index (χ0) is 42.1. The second-order valence-corrected chi connectivity index (χ2v) is 18.9. The summed E-state index contributed by atoms with van der Waals surface area (Å²) in [5, 5.41) is 13.8. The van der Waals surface area contributed by atoms with Gasteiger partial charge in [-0.25, -0.2) is 4.57 Å². The number of hydrogen-bond acceptors (Lipinski definition) is 5. The van der Waals surface area contributed by atoms with E-state index in [0.717, 1.165) is 44.9 Å². The molecule has 0 fully saturated rings. The van der Waals surface area contributed by atoms with Crippen LogP contribution in [0.3, 0.4) is 0 Å². The number of phosphoric ester groups is 1. The number of aliphatic hydroxyl groups is 1. The van der Waals surface area contributed by atoms with Crippen molar-refractivity contribution in [1.29, 1.82) is 0 Å². The van der Waals surface area contributed by atoms with E-state index in [-0.39, 0.29) is 19.1 Å². The highest BCUT2D eigenvalue weighted by Gasteiger charge is 2.27. The number of nitrogens with one attached hydrogen (secondary N) is 1. The molecule has 0 rings (SSSR count). The average Bonchev–Trinajstić information content (AvgIpc) is 3.16. The second-order valence-electron chi connectivity index (χ2n) is 17.5. The number of likely N-dealkylation sites (N-methyl/N-ethyl adjacent to an activating group) is 1. The number of carbonyl (C=O) groups excluding carboxylic acids is 1. The number of unbranched alkanes of at least 4 members (excludes halogenated alkanes) is 26. The smallest absolute Gasteiger partial charge is 0.387 e. The third-order valence-corrected chi connectivity index (χ3v) is 11.6. The van der Waals surface area contributed by atoms with Crippen molar-refractivity contribution in [1.82, 2.24) is 5.32 Å². The molecule has 8 nitrogen and oxygen atoms in total. The molecule has 0 aliphatic heterocycles. The normalized spacial score (nSPS) is 14.6. The highest BCUT2D eigenvalue weighted by atomic mass is 31.2. The highest BCUT2D eigenvalue weighted by Crippen LogP contribution is 2.43. The minimum Gasteiger partial charge on any atom is -0.387 e. The van der Waals surface area contributed by atoms with E-state index in [0.29, 0.717) is 17.4 Å². The molecular formula is C48H94N2O6P+. The fraction of sp³-hybridized carbons (Fsp3) is 0.854. The van der Waals surface area contributed by atoms with Crippen molar-refractivity contribution in [2.75, 3.05) is 40.9 Å². The van der Waals surface area contributed by atoms with Gasteiger partial charge in [-0.3, -0.25) is 13.8 Å². The van der Waals surface area contributed by atoms with Crippen molar-refractivity contribution in [3.63, 3.8) is 0 Å². The molecular weight excluding hydrogens is 732 g/mol. The average molecular weight is 826 g/mol. The van der Waals surface area contributed by atoms with Crippen molar-refractivity contribution in [3.05, 3.63) is 36.5 Å². The number of aliphatic hydroxyl groups excluding tert-OH is 1. The van der Waals surface area contributed by atoms with Gasteiger partial charge >= 0.3 is 7.82 Å². The summed E-state index contributed by atoms with van der Waals surface area (Å²) in [7, 11) is 1.55. The van der Waals surface area contributed by atoms with Gasteiger partial charge in [0, 0.05) is 6.42 Å². The van der Waals surface area contributed by atoms with E-state index in [1.807, 2.05) is 27.2 Å². The molecule has 1 amide bonds. The molecule has 0 radical (unpaired) electrons. The number of rotatable bonds is 43. The summed E-state index contributed by atoms with van der Waals surface area (Å²) >= 11 is 0. The zero-order valence-corrected chi connectivity index (χ0v) is 39.0. The number of nitrogens with zero attached hydrogens (tertiary/aromatic N) is 1. The number of carbonyl (C=O) groups is 1. The Labute approximate surface area is 353 Å². The first-order valence-corrected chi connectivity index (χ1v) is 25.4. The Morgan fingerprint density at radius 3 is 1.40 bits per heavy atom. The van der Waals surface area contributed by atoms with E-state index in [1.54, 1.807) is 6.08 Å². The minimum absolute atomic E-state index is 0.0542. The minimum atomic E-state index is -4.34. The van der Waals surface area contributed by atoms with E-state index in [9.17, 15) is 19.4 Å². The van der Waals surface area contributed by atoms with Gasteiger partial charge in [0.25, 0.3) is 0 Å². The summed E-state index contributed by atoms with van der Waals surface area (Å²) in [6.07, 6.45) is 49.7. The first kappa shape index (κ1) is 55.7. The van der Waals surface area contributed by atoms with Crippen LogP contribution in [0.25, 0.3) is 0 Å². The number of quaternary nitrogens is 1. The lowest BCUT2D eigenvalue weighted by Gasteiger charge is -2.25. The Balaban J connectivity index is 4.22. The van der Waals surface area contributed by atoms with Crippen molar-refractivity contribution in [2.45, 2.75) is 225 Å². The molecule has 9 heteroatoms. The summed E-state index contributed by atoms with van der Waals surface area (Å²) in [5.41, 5.74) is 0. The van der Waals surface area contributed by atoms with Crippen LogP contribution in [0.15, 0.2) is 36.5 Å². The fourth-order valence-corrected chi connectivity index (χ4v) is 7.51. The molecule has 0 heterocycles. The molecule has 0 aromatic carbocycles. The molecule has 0 spiro atoms. The molecule has 3 unspecified atom stereocenters.